The van der Waals surface area contributed by atoms with Gasteiger partial charge in [0.2, 0.25) is 11.8 Å². The Hall–Kier alpha value is -2.36. The summed E-state index contributed by atoms with van der Waals surface area (Å²) in [6.45, 7) is 8.00. The zero-order chi connectivity index (χ0) is 12.8. The van der Waals surface area contributed by atoms with E-state index in [1.54, 1.807) is 12.2 Å². The Balaban J connectivity index is 2.44. The minimum Gasteiger partial charge on any atom is -0.472 e. The topological polar surface area (TPSA) is 44.2 Å². The molecule has 0 atom stereocenters. The first-order valence-electron chi connectivity index (χ1n) is 5.59. The van der Waals surface area contributed by atoms with Gasteiger partial charge in [-0.1, -0.05) is 37.4 Å². The van der Waals surface area contributed by atoms with Crippen molar-refractivity contribution in [3.63, 3.8) is 0 Å². The van der Waals surface area contributed by atoms with Gasteiger partial charge in [-0.2, -0.15) is 0 Å². The molecule has 0 radical (unpaired) electrons. The first-order valence-corrected chi connectivity index (χ1v) is 5.59. The van der Waals surface area contributed by atoms with Gasteiger partial charge in [0.05, 0.1) is 10.8 Å². The summed E-state index contributed by atoms with van der Waals surface area (Å²) in [6, 6.07) is 7.68. The molecule has 0 unspecified atom stereocenters. The third kappa shape index (κ3) is 2.48. The average molecular weight is 242 g/mol. The van der Waals surface area contributed by atoms with Crippen molar-refractivity contribution in [3.8, 4) is 11.8 Å². The van der Waals surface area contributed by atoms with E-state index in [2.05, 4.69) is 23.4 Å². The lowest BCUT2D eigenvalue weighted by molar-refractivity contribution is 0.330. The molecule has 0 aliphatic carbocycles. The van der Waals surface area contributed by atoms with Crippen LogP contribution in [0, 0.1) is 0 Å². The monoisotopic (exact) mass is 242 g/mol. The summed E-state index contributed by atoms with van der Waals surface area (Å²) in [5.74, 6) is 0.966. The number of rotatable bonds is 6. The molecular formula is C14H14N2O2. The minimum absolute atomic E-state index is 0.394. The molecule has 0 saturated heterocycles. The van der Waals surface area contributed by atoms with Crippen molar-refractivity contribution in [3.05, 3.63) is 49.6 Å². The maximum atomic E-state index is 5.46. The van der Waals surface area contributed by atoms with Crippen molar-refractivity contribution in [1.82, 2.24) is 10.2 Å². The smallest absolute Gasteiger partial charge is 0.241 e. The van der Waals surface area contributed by atoms with Gasteiger partial charge in [0.1, 0.15) is 13.2 Å². The van der Waals surface area contributed by atoms with Crippen molar-refractivity contribution in [2.75, 3.05) is 13.2 Å². The molecule has 0 saturated carbocycles. The second-order valence-electron chi connectivity index (χ2n) is 3.56. The average Bonchev–Trinajstić information content (AvgIpc) is 2.43. The molecule has 0 spiro atoms. The Morgan fingerprint density at radius 1 is 0.889 bits per heavy atom. The number of benzene rings is 1. The van der Waals surface area contributed by atoms with E-state index in [-0.39, 0.29) is 0 Å². The second-order valence-corrected chi connectivity index (χ2v) is 3.56. The highest BCUT2D eigenvalue weighted by Crippen LogP contribution is 2.28. The highest BCUT2D eigenvalue weighted by Gasteiger charge is 2.09. The number of ether oxygens (including phenoxy) is 2. The minimum atomic E-state index is 0.394. The summed E-state index contributed by atoms with van der Waals surface area (Å²) in [5, 5.41) is 9.77. The zero-order valence-corrected chi connectivity index (χ0v) is 10.0. The van der Waals surface area contributed by atoms with E-state index in [4.69, 9.17) is 9.47 Å². The SMILES string of the molecule is C=CCOc1nnc(OCC=C)c2ccccc12. The van der Waals surface area contributed by atoms with Crippen molar-refractivity contribution < 1.29 is 9.47 Å². The van der Waals surface area contributed by atoms with Crippen LogP contribution >= 0.6 is 0 Å². The van der Waals surface area contributed by atoms with Gasteiger partial charge in [-0.15, -0.1) is 10.2 Å². The molecule has 92 valence electrons. The molecule has 4 heteroatoms. The van der Waals surface area contributed by atoms with Gasteiger partial charge in [-0.3, -0.25) is 0 Å². The molecule has 1 heterocycles. The molecule has 4 nitrogen and oxygen atoms in total. The molecule has 0 fully saturated rings. The van der Waals surface area contributed by atoms with Crippen molar-refractivity contribution >= 4 is 10.8 Å². The highest BCUT2D eigenvalue weighted by molar-refractivity contribution is 5.90. The molecule has 0 N–H and O–H groups in total. The summed E-state index contributed by atoms with van der Waals surface area (Å²) in [4.78, 5) is 0. The van der Waals surface area contributed by atoms with Gasteiger partial charge in [0.25, 0.3) is 0 Å². The van der Waals surface area contributed by atoms with Gasteiger partial charge >= 0.3 is 0 Å². The summed E-state index contributed by atoms with van der Waals surface area (Å²) in [5.41, 5.74) is 0. The first-order chi connectivity index (χ1) is 8.86. The van der Waals surface area contributed by atoms with Gasteiger partial charge in [0, 0.05) is 0 Å². The molecule has 0 amide bonds. The molecule has 18 heavy (non-hydrogen) atoms. The standard InChI is InChI=1S/C14H14N2O2/c1-3-9-17-13-11-7-5-6-8-12(11)14(16-15-13)18-10-4-2/h3-8H,1-2,9-10H2. The van der Waals surface area contributed by atoms with E-state index in [9.17, 15) is 0 Å². The van der Waals surface area contributed by atoms with E-state index >= 15 is 0 Å². The van der Waals surface area contributed by atoms with Crippen LogP contribution in [0.2, 0.25) is 0 Å². The van der Waals surface area contributed by atoms with Crippen LogP contribution in [0.3, 0.4) is 0 Å². The van der Waals surface area contributed by atoms with Crippen LogP contribution in [0.25, 0.3) is 10.8 Å². The summed E-state index contributed by atoms with van der Waals surface area (Å²) < 4.78 is 10.9. The van der Waals surface area contributed by atoms with E-state index < -0.39 is 0 Å². The predicted octanol–water partition coefficient (Wildman–Crippen LogP) is 2.76. The molecule has 0 aliphatic heterocycles. The van der Waals surface area contributed by atoms with Crippen LogP contribution in [0.1, 0.15) is 0 Å². The van der Waals surface area contributed by atoms with Crippen LogP contribution in [0.5, 0.6) is 11.8 Å². The third-order valence-electron chi connectivity index (χ3n) is 2.30. The van der Waals surface area contributed by atoms with Crippen LogP contribution < -0.4 is 9.47 Å². The number of fused-ring (bicyclic) bond motifs is 1. The summed E-state index contributed by atoms with van der Waals surface area (Å²) in [7, 11) is 0. The number of hydrogen-bond acceptors (Lipinski definition) is 4. The van der Waals surface area contributed by atoms with Crippen molar-refractivity contribution in [2.24, 2.45) is 0 Å². The van der Waals surface area contributed by atoms with Gasteiger partial charge in [-0.25, -0.2) is 0 Å². The van der Waals surface area contributed by atoms with E-state index in [0.29, 0.717) is 25.0 Å². The van der Waals surface area contributed by atoms with Crippen LogP contribution in [0.15, 0.2) is 49.6 Å². The Kier molecular flexibility index (Phi) is 3.91. The Labute approximate surface area is 106 Å². The summed E-state index contributed by atoms with van der Waals surface area (Å²) >= 11 is 0. The first kappa shape index (κ1) is 12.1. The van der Waals surface area contributed by atoms with E-state index in [1.807, 2.05) is 24.3 Å². The normalized spacial score (nSPS) is 10.0. The molecule has 1 aromatic heterocycles. The second kappa shape index (κ2) is 5.82. The highest BCUT2D eigenvalue weighted by atomic mass is 16.5. The predicted molar refractivity (Wildman–Crippen MR) is 70.9 cm³/mol. The van der Waals surface area contributed by atoms with Gasteiger partial charge in [0.15, 0.2) is 0 Å². The van der Waals surface area contributed by atoms with E-state index in [1.165, 1.54) is 0 Å². The number of aromatic nitrogens is 2. The van der Waals surface area contributed by atoms with Gasteiger partial charge in [-0.05, 0) is 12.1 Å². The largest absolute Gasteiger partial charge is 0.472 e. The number of hydrogen-bond donors (Lipinski definition) is 0. The van der Waals surface area contributed by atoms with Crippen LogP contribution in [-0.2, 0) is 0 Å². The van der Waals surface area contributed by atoms with E-state index in [0.717, 1.165) is 10.8 Å². The molecule has 2 aromatic rings. The molecular weight excluding hydrogens is 228 g/mol. The fourth-order valence-electron chi connectivity index (χ4n) is 1.54. The molecule has 1 aromatic carbocycles. The maximum absolute atomic E-state index is 5.46. The summed E-state index contributed by atoms with van der Waals surface area (Å²) in [6.07, 6.45) is 3.33. The molecule has 2 rings (SSSR count). The number of nitrogens with zero attached hydrogens (tertiary/aromatic N) is 2. The van der Waals surface area contributed by atoms with Crippen molar-refractivity contribution in [1.29, 1.82) is 0 Å². The lowest BCUT2D eigenvalue weighted by Crippen LogP contribution is -2.02. The third-order valence-corrected chi connectivity index (χ3v) is 2.30. The fraction of sp³-hybridized carbons (Fsp3) is 0.143. The molecule has 0 bridgehead atoms. The van der Waals surface area contributed by atoms with Crippen molar-refractivity contribution in [2.45, 2.75) is 0 Å². The van der Waals surface area contributed by atoms with Gasteiger partial charge < -0.3 is 9.47 Å². The maximum Gasteiger partial charge on any atom is 0.241 e. The molecule has 0 aliphatic rings. The fourth-order valence-corrected chi connectivity index (χ4v) is 1.54. The lowest BCUT2D eigenvalue weighted by Gasteiger charge is -2.09. The lowest BCUT2D eigenvalue weighted by atomic mass is 10.2. The quantitative estimate of drug-likeness (QED) is 0.730. The Morgan fingerprint density at radius 2 is 1.33 bits per heavy atom. The van der Waals surface area contributed by atoms with Crippen LogP contribution in [-0.4, -0.2) is 23.4 Å². The Bertz CT molecular complexity index is 516. The zero-order valence-electron chi connectivity index (χ0n) is 10.0. The Morgan fingerprint density at radius 3 is 1.72 bits per heavy atom. The van der Waals surface area contributed by atoms with Crippen LogP contribution in [0.4, 0.5) is 0 Å².